The Morgan fingerprint density at radius 2 is 1.77 bits per heavy atom. The number of methoxy groups -OCH3 is 1. The number of ether oxygens (including phenoxy) is 2. The number of para-hydroxylation sites is 1. The number of hydrogen-bond acceptors (Lipinski definition) is 5. The Morgan fingerprint density at radius 1 is 0.935 bits per heavy atom. The second-order valence-corrected chi connectivity index (χ2v) is 6.86. The van der Waals surface area contributed by atoms with Crippen molar-refractivity contribution in [3.05, 3.63) is 106 Å². The molecule has 0 aliphatic rings. The Balaban J connectivity index is 1.58. The van der Waals surface area contributed by atoms with E-state index in [0.717, 1.165) is 16.5 Å². The predicted octanol–water partition coefficient (Wildman–Crippen LogP) is 5.90. The minimum Gasteiger partial charge on any atom is -0.493 e. The predicted molar refractivity (Wildman–Crippen MR) is 121 cm³/mol. The van der Waals surface area contributed by atoms with Crippen LogP contribution in [0.4, 0.5) is 5.69 Å². The quantitative estimate of drug-likeness (QED) is 0.279. The fourth-order valence-corrected chi connectivity index (χ4v) is 3.21. The molecule has 1 heterocycles. The van der Waals surface area contributed by atoms with Crippen LogP contribution in [0.15, 0.2) is 78.9 Å². The van der Waals surface area contributed by atoms with Gasteiger partial charge < -0.3 is 9.47 Å². The first-order chi connectivity index (χ1) is 15.1. The molecule has 4 aromatic rings. The number of nitro benzene ring substituents is 1. The highest BCUT2D eigenvalue weighted by Gasteiger charge is 2.12. The van der Waals surface area contributed by atoms with Gasteiger partial charge in [0, 0.05) is 11.5 Å². The monoisotopic (exact) mass is 412 g/mol. The van der Waals surface area contributed by atoms with Crippen LogP contribution in [0.2, 0.25) is 0 Å². The first-order valence-corrected chi connectivity index (χ1v) is 9.71. The molecule has 3 aromatic carbocycles. The maximum atomic E-state index is 11.3. The van der Waals surface area contributed by atoms with Crippen molar-refractivity contribution in [2.24, 2.45) is 0 Å². The van der Waals surface area contributed by atoms with Gasteiger partial charge in [0.25, 0.3) is 5.69 Å². The molecule has 0 atom stereocenters. The number of aromatic nitrogens is 1. The van der Waals surface area contributed by atoms with Crippen LogP contribution in [0.3, 0.4) is 0 Å². The lowest BCUT2D eigenvalue weighted by Crippen LogP contribution is -1.97. The lowest BCUT2D eigenvalue weighted by molar-refractivity contribution is -0.383. The van der Waals surface area contributed by atoms with E-state index in [4.69, 9.17) is 9.47 Å². The molecule has 0 radical (unpaired) electrons. The molecule has 6 heteroatoms. The van der Waals surface area contributed by atoms with Gasteiger partial charge in [0.05, 0.1) is 17.7 Å². The molecular weight excluding hydrogens is 392 g/mol. The molecule has 0 spiro atoms. The van der Waals surface area contributed by atoms with Crippen molar-refractivity contribution in [3.8, 4) is 11.5 Å². The standard InChI is InChI=1S/C25H20N2O4/c1-30-23-15-11-18(16-24(23)31-17-19-6-3-2-4-7-19)10-13-21-14-12-20-8-5-9-22(27(28)29)25(20)26-21/h2-16H,17H2,1H3. The summed E-state index contributed by atoms with van der Waals surface area (Å²) in [5.74, 6) is 1.28. The molecule has 0 saturated heterocycles. The van der Waals surface area contributed by atoms with Crippen molar-refractivity contribution in [2.45, 2.75) is 6.61 Å². The summed E-state index contributed by atoms with van der Waals surface area (Å²) in [6, 6.07) is 24.1. The normalized spacial score (nSPS) is 11.0. The van der Waals surface area contributed by atoms with Crippen LogP contribution in [0.5, 0.6) is 11.5 Å². The van der Waals surface area contributed by atoms with Crippen LogP contribution in [-0.4, -0.2) is 17.0 Å². The van der Waals surface area contributed by atoms with E-state index in [9.17, 15) is 10.1 Å². The van der Waals surface area contributed by atoms with Crippen LogP contribution >= 0.6 is 0 Å². The molecular formula is C25H20N2O4. The van der Waals surface area contributed by atoms with E-state index in [2.05, 4.69) is 4.98 Å². The largest absolute Gasteiger partial charge is 0.493 e. The number of nitro groups is 1. The Hall–Kier alpha value is -4.19. The fourth-order valence-electron chi connectivity index (χ4n) is 3.21. The molecule has 6 nitrogen and oxygen atoms in total. The maximum Gasteiger partial charge on any atom is 0.295 e. The summed E-state index contributed by atoms with van der Waals surface area (Å²) in [6.07, 6.45) is 3.71. The first-order valence-electron chi connectivity index (χ1n) is 9.71. The zero-order valence-corrected chi connectivity index (χ0v) is 16.9. The smallest absolute Gasteiger partial charge is 0.295 e. The lowest BCUT2D eigenvalue weighted by atomic mass is 10.1. The van der Waals surface area contributed by atoms with Gasteiger partial charge in [0.15, 0.2) is 11.5 Å². The number of hydrogen-bond donors (Lipinski definition) is 0. The Bertz CT molecular complexity index is 1250. The van der Waals surface area contributed by atoms with Gasteiger partial charge in [-0.15, -0.1) is 0 Å². The van der Waals surface area contributed by atoms with E-state index in [1.54, 1.807) is 13.2 Å². The third kappa shape index (κ3) is 4.70. The molecule has 154 valence electrons. The van der Waals surface area contributed by atoms with Crippen molar-refractivity contribution in [3.63, 3.8) is 0 Å². The third-order valence-electron chi connectivity index (χ3n) is 4.79. The van der Waals surface area contributed by atoms with Gasteiger partial charge in [-0.3, -0.25) is 10.1 Å². The average Bonchev–Trinajstić information content (AvgIpc) is 2.81. The van der Waals surface area contributed by atoms with E-state index in [1.165, 1.54) is 6.07 Å². The van der Waals surface area contributed by atoms with Crippen molar-refractivity contribution in [1.82, 2.24) is 4.98 Å². The molecule has 0 bridgehead atoms. The minimum atomic E-state index is -0.414. The summed E-state index contributed by atoms with van der Waals surface area (Å²) in [5, 5.41) is 12.0. The number of pyridine rings is 1. The van der Waals surface area contributed by atoms with Gasteiger partial charge in [0.2, 0.25) is 0 Å². The van der Waals surface area contributed by atoms with Crippen LogP contribution in [0, 0.1) is 10.1 Å². The number of fused-ring (bicyclic) bond motifs is 1. The molecule has 0 saturated carbocycles. The number of rotatable bonds is 7. The van der Waals surface area contributed by atoms with Gasteiger partial charge in [-0.1, -0.05) is 60.7 Å². The van der Waals surface area contributed by atoms with Crippen LogP contribution in [-0.2, 0) is 6.61 Å². The van der Waals surface area contributed by atoms with Crippen molar-refractivity contribution >= 4 is 28.7 Å². The molecule has 0 amide bonds. The Labute approximate surface area is 179 Å². The summed E-state index contributed by atoms with van der Waals surface area (Å²) < 4.78 is 11.4. The minimum absolute atomic E-state index is 0.00574. The highest BCUT2D eigenvalue weighted by molar-refractivity contribution is 5.88. The summed E-state index contributed by atoms with van der Waals surface area (Å²) in [4.78, 5) is 15.3. The number of nitrogens with zero attached hydrogens (tertiary/aromatic N) is 2. The first kappa shape index (κ1) is 20.1. The summed E-state index contributed by atoms with van der Waals surface area (Å²) >= 11 is 0. The van der Waals surface area contributed by atoms with E-state index in [-0.39, 0.29) is 5.69 Å². The second kappa shape index (κ2) is 9.09. The summed E-state index contributed by atoms with van der Waals surface area (Å²) in [6.45, 7) is 0.431. The number of non-ortho nitro benzene ring substituents is 1. The zero-order chi connectivity index (χ0) is 21.6. The van der Waals surface area contributed by atoms with Crippen LogP contribution < -0.4 is 9.47 Å². The van der Waals surface area contributed by atoms with Gasteiger partial charge in [-0.2, -0.15) is 0 Å². The van der Waals surface area contributed by atoms with Gasteiger partial charge in [-0.25, -0.2) is 4.98 Å². The summed E-state index contributed by atoms with van der Waals surface area (Å²) in [5.41, 5.74) is 2.95. The average molecular weight is 412 g/mol. The van der Waals surface area contributed by atoms with Gasteiger partial charge >= 0.3 is 0 Å². The number of benzene rings is 3. The fraction of sp³-hybridized carbons (Fsp3) is 0.0800. The summed E-state index contributed by atoms with van der Waals surface area (Å²) in [7, 11) is 1.60. The topological polar surface area (TPSA) is 74.5 Å². The Kier molecular flexibility index (Phi) is 5.89. The van der Waals surface area contributed by atoms with E-state index in [1.807, 2.05) is 78.9 Å². The third-order valence-corrected chi connectivity index (χ3v) is 4.79. The van der Waals surface area contributed by atoms with Gasteiger partial charge in [0.1, 0.15) is 12.1 Å². The maximum absolute atomic E-state index is 11.3. The molecule has 0 N–H and O–H groups in total. The lowest BCUT2D eigenvalue weighted by Gasteiger charge is -2.11. The molecule has 4 rings (SSSR count). The van der Waals surface area contributed by atoms with Gasteiger partial charge in [-0.05, 0) is 35.4 Å². The second-order valence-electron chi connectivity index (χ2n) is 6.86. The van der Waals surface area contributed by atoms with E-state index in [0.29, 0.717) is 29.3 Å². The van der Waals surface area contributed by atoms with E-state index < -0.39 is 4.92 Å². The molecule has 1 aromatic heterocycles. The molecule has 0 unspecified atom stereocenters. The molecule has 0 aliphatic carbocycles. The van der Waals surface area contributed by atoms with E-state index >= 15 is 0 Å². The molecule has 31 heavy (non-hydrogen) atoms. The Morgan fingerprint density at radius 3 is 2.55 bits per heavy atom. The SMILES string of the molecule is COc1ccc(C=Cc2ccc3cccc([N+](=O)[O-])c3n2)cc1OCc1ccccc1. The highest BCUT2D eigenvalue weighted by Crippen LogP contribution is 2.30. The van der Waals surface area contributed by atoms with Crippen LogP contribution in [0.25, 0.3) is 23.1 Å². The van der Waals surface area contributed by atoms with Crippen molar-refractivity contribution in [1.29, 1.82) is 0 Å². The van der Waals surface area contributed by atoms with Crippen LogP contribution in [0.1, 0.15) is 16.8 Å². The molecule has 0 fully saturated rings. The van der Waals surface area contributed by atoms with Crippen molar-refractivity contribution in [2.75, 3.05) is 7.11 Å². The van der Waals surface area contributed by atoms with Crippen molar-refractivity contribution < 1.29 is 14.4 Å². The highest BCUT2D eigenvalue weighted by atomic mass is 16.6. The zero-order valence-electron chi connectivity index (χ0n) is 16.9. The molecule has 0 aliphatic heterocycles.